The van der Waals surface area contributed by atoms with Crippen molar-refractivity contribution in [1.29, 1.82) is 0 Å². The molecule has 0 N–H and O–H groups in total. The molecular weight excluding hydrogens is 277 g/mol. The Bertz CT molecular complexity index is 549. The minimum absolute atomic E-state index is 0.147. The van der Waals surface area contributed by atoms with E-state index in [1.807, 2.05) is 0 Å². The van der Waals surface area contributed by atoms with Crippen molar-refractivity contribution in [3.05, 3.63) is 59.7 Å². The van der Waals surface area contributed by atoms with Crippen molar-refractivity contribution in [2.75, 3.05) is 0 Å². The molecule has 0 aliphatic heterocycles. The van der Waals surface area contributed by atoms with E-state index < -0.39 is 11.7 Å². The maximum atomic E-state index is 12.5. The fourth-order valence-electron chi connectivity index (χ4n) is 1.52. The van der Waals surface area contributed by atoms with Gasteiger partial charge in [-0.2, -0.15) is 13.2 Å². The van der Waals surface area contributed by atoms with Crippen molar-refractivity contribution >= 4 is 11.6 Å². The first-order chi connectivity index (χ1) is 8.99. The molecule has 0 atom stereocenters. The van der Waals surface area contributed by atoms with Crippen molar-refractivity contribution in [3.8, 4) is 11.5 Å². The maximum absolute atomic E-state index is 12.5. The molecule has 0 unspecified atom stereocenters. The smallest absolute Gasteiger partial charge is 0.416 e. The largest absolute Gasteiger partial charge is 0.457 e. The summed E-state index contributed by atoms with van der Waals surface area (Å²) in [6.07, 6.45) is -4.37. The molecule has 2 aromatic rings. The van der Waals surface area contributed by atoms with Crippen LogP contribution in [0.25, 0.3) is 0 Å². The lowest BCUT2D eigenvalue weighted by Gasteiger charge is -2.10. The molecule has 0 fully saturated rings. The fraction of sp³-hybridized carbons (Fsp3) is 0.143. The lowest BCUT2D eigenvalue weighted by Crippen LogP contribution is -2.04. The molecule has 0 radical (unpaired) electrons. The van der Waals surface area contributed by atoms with Crippen molar-refractivity contribution in [3.63, 3.8) is 0 Å². The molecule has 0 saturated heterocycles. The third-order valence-electron chi connectivity index (χ3n) is 2.47. The van der Waals surface area contributed by atoms with Crippen LogP contribution in [0.2, 0.25) is 0 Å². The van der Waals surface area contributed by atoms with Crippen molar-refractivity contribution in [2.45, 2.75) is 12.1 Å². The van der Waals surface area contributed by atoms with Gasteiger partial charge in [-0.05, 0) is 35.9 Å². The van der Waals surface area contributed by atoms with Crippen molar-refractivity contribution < 1.29 is 17.9 Å². The lowest BCUT2D eigenvalue weighted by atomic mass is 10.2. The molecule has 0 aliphatic carbocycles. The van der Waals surface area contributed by atoms with E-state index in [1.165, 1.54) is 12.1 Å². The van der Waals surface area contributed by atoms with Crippen LogP contribution in [0.4, 0.5) is 13.2 Å². The summed E-state index contributed by atoms with van der Waals surface area (Å²) in [5, 5.41) is 0. The standard InChI is InChI=1S/C14H10ClF3O/c15-9-10-4-6-12(7-5-10)19-13-3-1-2-11(8-13)14(16,17)18/h1-8H,9H2. The Kier molecular flexibility index (Phi) is 4.00. The van der Waals surface area contributed by atoms with E-state index in [2.05, 4.69) is 0 Å². The summed E-state index contributed by atoms with van der Waals surface area (Å²) in [6, 6.07) is 11.6. The molecule has 19 heavy (non-hydrogen) atoms. The van der Waals surface area contributed by atoms with E-state index in [0.29, 0.717) is 11.6 Å². The number of hydrogen-bond donors (Lipinski definition) is 0. The summed E-state index contributed by atoms with van der Waals surface area (Å²) in [5.74, 6) is 0.991. The van der Waals surface area contributed by atoms with Gasteiger partial charge in [-0.3, -0.25) is 0 Å². The summed E-state index contributed by atoms with van der Waals surface area (Å²) < 4.78 is 43.0. The van der Waals surface area contributed by atoms with Crippen LogP contribution in [-0.4, -0.2) is 0 Å². The van der Waals surface area contributed by atoms with E-state index >= 15 is 0 Å². The molecular formula is C14H10ClF3O. The van der Waals surface area contributed by atoms with Crippen molar-refractivity contribution in [1.82, 2.24) is 0 Å². The summed E-state index contributed by atoms with van der Waals surface area (Å²) in [7, 11) is 0. The van der Waals surface area contributed by atoms with Gasteiger partial charge in [0.25, 0.3) is 0 Å². The summed E-state index contributed by atoms with van der Waals surface area (Å²) in [4.78, 5) is 0. The average Bonchev–Trinajstić information content (AvgIpc) is 2.39. The van der Waals surface area contributed by atoms with Crippen LogP contribution in [0.3, 0.4) is 0 Å². The van der Waals surface area contributed by atoms with Gasteiger partial charge in [0.2, 0.25) is 0 Å². The first kappa shape index (κ1) is 13.7. The SMILES string of the molecule is FC(F)(F)c1cccc(Oc2ccc(CCl)cc2)c1. The van der Waals surface area contributed by atoms with Crippen LogP contribution in [0.5, 0.6) is 11.5 Å². The Labute approximate surface area is 113 Å². The Hall–Kier alpha value is -1.68. The Morgan fingerprint density at radius 3 is 2.21 bits per heavy atom. The fourth-order valence-corrected chi connectivity index (χ4v) is 1.70. The molecule has 0 saturated carbocycles. The molecule has 1 nitrogen and oxygen atoms in total. The predicted octanol–water partition coefficient (Wildman–Crippen LogP) is 5.24. The predicted molar refractivity (Wildman–Crippen MR) is 67.5 cm³/mol. The van der Waals surface area contributed by atoms with Crippen LogP contribution in [0.1, 0.15) is 11.1 Å². The first-order valence-corrected chi connectivity index (χ1v) is 6.02. The molecule has 5 heteroatoms. The molecule has 0 aromatic heterocycles. The van der Waals surface area contributed by atoms with Gasteiger partial charge in [-0.15, -0.1) is 11.6 Å². The van der Waals surface area contributed by atoms with Gasteiger partial charge in [0.1, 0.15) is 11.5 Å². The van der Waals surface area contributed by atoms with Gasteiger partial charge < -0.3 is 4.74 Å². The highest BCUT2D eigenvalue weighted by atomic mass is 35.5. The normalized spacial score (nSPS) is 11.4. The van der Waals surface area contributed by atoms with Gasteiger partial charge in [0.05, 0.1) is 5.56 Å². The van der Waals surface area contributed by atoms with Gasteiger partial charge >= 0.3 is 6.18 Å². The number of ether oxygens (including phenoxy) is 1. The summed E-state index contributed by atoms with van der Waals surface area (Å²) >= 11 is 5.64. The van der Waals surface area contributed by atoms with Crippen molar-refractivity contribution in [2.24, 2.45) is 0 Å². The molecule has 0 heterocycles. The minimum atomic E-state index is -4.37. The Morgan fingerprint density at radius 2 is 1.63 bits per heavy atom. The zero-order valence-corrected chi connectivity index (χ0v) is 10.5. The second kappa shape index (κ2) is 5.53. The number of halogens is 4. The highest BCUT2D eigenvalue weighted by molar-refractivity contribution is 6.17. The quantitative estimate of drug-likeness (QED) is 0.701. The molecule has 0 aliphatic rings. The third-order valence-corrected chi connectivity index (χ3v) is 2.78. The minimum Gasteiger partial charge on any atom is -0.457 e. The second-order valence-corrected chi connectivity index (χ2v) is 4.17. The summed E-state index contributed by atoms with van der Waals surface area (Å²) in [5.41, 5.74) is 0.181. The number of alkyl halides is 4. The molecule has 100 valence electrons. The van der Waals surface area contributed by atoms with E-state index in [4.69, 9.17) is 16.3 Å². The topological polar surface area (TPSA) is 9.23 Å². The van der Waals surface area contributed by atoms with Gasteiger partial charge in [0, 0.05) is 5.88 Å². The van der Waals surface area contributed by atoms with Gasteiger partial charge in [-0.1, -0.05) is 18.2 Å². The average molecular weight is 287 g/mol. The number of benzene rings is 2. The van der Waals surface area contributed by atoms with Crippen LogP contribution < -0.4 is 4.74 Å². The van der Waals surface area contributed by atoms with Gasteiger partial charge in [-0.25, -0.2) is 0 Å². The van der Waals surface area contributed by atoms with E-state index in [-0.39, 0.29) is 5.75 Å². The molecule has 2 rings (SSSR count). The van der Waals surface area contributed by atoms with Crippen LogP contribution in [0, 0.1) is 0 Å². The maximum Gasteiger partial charge on any atom is 0.416 e. The van der Waals surface area contributed by atoms with Crippen LogP contribution in [0.15, 0.2) is 48.5 Å². The van der Waals surface area contributed by atoms with E-state index in [1.54, 1.807) is 24.3 Å². The molecule has 2 aromatic carbocycles. The number of rotatable bonds is 3. The zero-order chi connectivity index (χ0) is 13.9. The van der Waals surface area contributed by atoms with E-state index in [9.17, 15) is 13.2 Å². The zero-order valence-electron chi connectivity index (χ0n) is 9.75. The third kappa shape index (κ3) is 3.64. The Morgan fingerprint density at radius 1 is 0.947 bits per heavy atom. The van der Waals surface area contributed by atoms with Crippen LogP contribution in [-0.2, 0) is 12.1 Å². The lowest BCUT2D eigenvalue weighted by molar-refractivity contribution is -0.137. The number of hydrogen-bond acceptors (Lipinski definition) is 1. The van der Waals surface area contributed by atoms with E-state index in [0.717, 1.165) is 17.7 Å². The van der Waals surface area contributed by atoms with Crippen LogP contribution >= 0.6 is 11.6 Å². The summed E-state index contributed by atoms with van der Waals surface area (Å²) in [6.45, 7) is 0. The molecule has 0 amide bonds. The molecule has 0 bridgehead atoms. The van der Waals surface area contributed by atoms with Gasteiger partial charge in [0.15, 0.2) is 0 Å². The monoisotopic (exact) mass is 286 g/mol. The second-order valence-electron chi connectivity index (χ2n) is 3.91. The Balaban J connectivity index is 2.18. The highest BCUT2D eigenvalue weighted by Gasteiger charge is 2.30. The first-order valence-electron chi connectivity index (χ1n) is 5.49. The highest BCUT2D eigenvalue weighted by Crippen LogP contribution is 2.32. The molecule has 0 spiro atoms.